The highest BCUT2D eigenvalue weighted by Gasteiger charge is 2.51. The number of benzene rings is 1. The lowest BCUT2D eigenvalue weighted by Crippen LogP contribution is -2.61. The van der Waals surface area contributed by atoms with Gasteiger partial charge in [0.1, 0.15) is 0 Å². The molecule has 0 unspecified atom stereocenters. The molecule has 1 heterocycles. The van der Waals surface area contributed by atoms with Crippen molar-refractivity contribution in [1.29, 1.82) is 0 Å². The van der Waals surface area contributed by atoms with Gasteiger partial charge in [0.15, 0.2) is 11.5 Å². The number of hydrogen-bond donors (Lipinski definition) is 2. The van der Waals surface area contributed by atoms with Crippen LogP contribution < -0.4 is 20.1 Å². The number of hydrogen-bond acceptors (Lipinski definition) is 4. The summed E-state index contributed by atoms with van der Waals surface area (Å²) in [6, 6.07) is 3.86. The number of ether oxygens (including phenoxy) is 2. The molecule has 0 atom stereocenters. The smallest absolute Gasteiger partial charge is 0.315 e. The summed E-state index contributed by atoms with van der Waals surface area (Å²) in [6.45, 7) is 1.61. The van der Waals surface area contributed by atoms with Crippen LogP contribution in [-0.4, -0.2) is 49.7 Å². The average Bonchev–Trinajstić information content (AvgIpc) is 2.76. The minimum Gasteiger partial charge on any atom is -0.493 e. The number of fused-ring (bicyclic) bond motifs is 1. The van der Waals surface area contributed by atoms with Crippen molar-refractivity contribution in [2.45, 2.75) is 63.5 Å². The van der Waals surface area contributed by atoms with Gasteiger partial charge in [-0.3, -0.25) is 4.79 Å². The molecule has 4 fully saturated rings. The molecule has 1 aliphatic heterocycles. The third-order valence-corrected chi connectivity index (χ3v) is 8.11. The molecule has 32 heavy (non-hydrogen) atoms. The molecule has 5 aliphatic rings. The molecule has 4 aliphatic carbocycles. The van der Waals surface area contributed by atoms with Crippen LogP contribution in [0.5, 0.6) is 11.5 Å². The maximum atomic E-state index is 12.8. The van der Waals surface area contributed by atoms with Gasteiger partial charge in [-0.2, -0.15) is 0 Å². The lowest BCUT2D eigenvalue weighted by Gasteiger charge is -2.56. The van der Waals surface area contributed by atoms with Crippen LogP contribution in [-0.2, 0) is 17.8 Å². The first-order valence-corrected chi connectivity index (χ1v) is 12.0. The number of nitrogens with one attached hydrogen (secondary N) is 2. The summed E-state index contributed by atoms with van der Waals surface area (Å²) in [4.78, 5) is 27.3. The van der Waals surface area contributed by atoms with Crippen LogP contribution in [0.4, 0.5) is 4.79 Å². The van der Waals surface area contributed by atoms with E-state index in [9.17, 15) is 9.59 Å². The normalized spacial score (nSPS) is 29.9. The molecule has 3 amide bonds. The van der Waals surface area contributed by atoms with Crippen LogP contribution in [0.2, 0.25) is 0 Å². The Hall–Kier alpha value is -2.44. The minimum absolute atomic E-state index is 0.000461. The molecule has 0 radical (unpaired) electrons. The Morgan fingerprint density at radius 3 is 2.19 bits per heavy atom. The average molecular weight is 442 g/mol. The van der Waals surface area contributed by atoms with Gasteiger partial charge in [-0.25, -0.2) is 4.79 Å². The largest absolute Gasteiger partial charge is 0.493 e. The van der Waals surface area contributed by atoms with E-state index in [2.05, 4.69) is 10.6 Å². The van der Waals surface area contributed by atoms with Gasteiger partial charge in [0, 0.05) is 31.6 Å². The molecule has 4 saturated carbocycles. The second-order valence-corrected chi connectivity index (χ2v) is 10.4. The lowest BCUT2D eigenvalue weighted by molar-refractivity contribution is -0.131. The quantitative estimate of drug-likeness (QED) is 0.710. The number of urea groups is 1. The second kappa shape index (κ2) is 8.49. The van der Waals surface area contributed by atoms with E-state index in [1.165, 1.54) is 24.8 Å². The third kappa shape index (κ3) is 4.14. The highest BCUT2D eigenvalue weighted by Crippen LogP contribution is 2.55. The van der Waals surface area contributed by atoms with Crippen molar-refractivity contribution < 1.29 is 19.1 Å². The van der Waals surface area contributed by atoms with E-state index in [4.69, 9.17) is 9.47 Å². The van der Waals surface area contributed by atoms with Crippen LogP contribution in [0.1, 0.15) is 56.1 Å². The monoisotopic (exact) mass is 441 g/mol. The third-order valence-electron chi connectivity index (χ3n) is 8.11. The first-order chi connectivity index (χ1) is 15.5. The van der Waals surface area contributed by atoms with Crippen molar-refractivity contribution in [3.8, 4) is 11.5 Å². The van der Waals surface area contributed by atoms with Gasteiger partial charge in [0.25, 0.3) is 0 Å². The Morgan fingerprint density at radius 2 is 1.59 bits per heavy atom. The van der Waals surface area contributed by atoms with E-state index in [0.29, 0.717) is 31.8 Å². The SMILES string of the molecule is COc1cc2c(cc1OC)CN(C(=O)CCNC(=O)NC13CC4CC(CC(C4)C1)C3)CC2. The Bertz CT molecular complexity index is 864. The summed E-state index contributed by atoms with van der Waals surface area (Å²) >= 11 is 0. The van der Waals surface area contributed by atoms with Crippen LogP contribution in [0.15, 0.2) is 12.1 Å². The topological polar surface area (TPSA) is 79.9 Å². The second-order valence-electron chi connectivity index (χ2n) is 10.4. The highest BCUT2D eigenvalue weighted by atomic mass is 16.5. The number of nitrogens with zero attached hydrogens (tertiary/aromatic N) is 1. The van der Waals surface area contributed by atoms with E-state index in [0.717, 1.165) is 54.7 Å². The number of carbonyl (C=O) groups excluding carboxylic acids is 2. The van der Waals surface area contributed by atoms with Gasteiger partial charge in [-0.05, 0) is 86.0 Å². The predicted molar refractivity (Wildman–Crippen MR) is 121 cm³/mol. The van der Waals surface area contributed by atoms with Crippen molar-refractivity contribution in [2.24, 2.45) is 17.8 Å². The molecular weight excluding hydrogens is 406 g/mol. The maximum absolute atomic E-state index is 12.8. The Balaban J connectivity index is 1.11. The van der Waals surface area contributed by atoms with Crippen molar-refractivity contribution in [3.05, 3.63) is 23.3 Å². The van der Waals surface area contributed by atoms with E-state index in [1.54, 1.807) is 14.2 Å². The maximum Gasteiger partial charge on any atom is 0.315 e. The molecule has 0 spiro atoms. The van der Waals surface area contributed by atoms with Crippen LogP contribution >= 0.6 is 0 Å². The standard InChI is InChI=1S/C25H35N3O4/c1-31-21-10-19-4-6-28(15-20(19)11-22(21)32-2)23(29)3-5-26-24(30)27-25-12-16-7-17(13-25)9-18(8-16)14-25/h10-11,16-18H,3-9,12-15H2,1-2H3,(H2,26,27,30). The van der Waals surface area contributed by atoms with Gasteiger partial charge in [-0.1, -0.05) is 0 Å². The zero-order chi connectivity index (χ0) is 22.3. The summed E-state index contributed by atoms with van der Waals surface area (Å²) in [6.07, 6.45) is 8.57. The molecule has 2 N–H and O–H groups in total. The summed E-state index contributed by atoms with van der Waals surface area (Å²) in [5.41, 5.74) is 2.29. The van der Waals surface area contributed by atoms with Gasteiger partial charge in [-0.15, -0.1) is 0 Å². The van der Waals surface area contributed by atoms with E-state index in [-0.39, 0.29) is 17.5 Å². The van der Waals surface area contributed by atoms with Crippen LogP contribution in [0.3, 0.4) is 0 Å². The van der Waals surface area contributed by atoms with Crippen molar-refractivity contribution in [2.75, 3.05) is 27.3 Å². The van der Waals surface area contributed by atoms with Crippen molar-refractivity contribution in [1.82, 2.24) is 15.5 Å². The number of carbonyl (C=O) groups is 2. The number of rotatable bonds is 6. The van der Waals surface area contributed by atoms with Crippen LogP contribution in [0, 0.1) is 17.8 Å². The molecule has 1 aromatic rings. The Kier molecular flexibility index (Phi) is 5.68. The first-order valence-electron chi connectivity index (χ1n) is 12.0. The first kappa shape index (κ1) is 21.4. The van der Waals surface area contributed by atoms with Gasteiger partial charge in [0.05, 0.1) is 14.2 Å². The summed E-state index contributed by atoms with van der Waals surface area (Å²) < 4.78 is 10.8. The van der Waals surface area contributed by atoms with Crippen LogP contribution in [0.25, 0.3) is 0 Å². The fourth-order valence-electron chi connectivity index (χ4n) is 7.09. The number of amides is 3. The van der Waals surface area contributed by atoms with Crippen molar-refractivity contribution in [3.63, 3.8) is 0 Å². The highest BCUT2D eigenvalue weighted by molar-refractivity contribution is 5.79. The molecule has 0 saturated heterocycles. The summed E-state index contributed by atoms with van der Waals surface area (Å²) in [7, 11) is 3.26. The fourth-order valence-corrected chi connectivity index (χ4v) is 7.09. The lowest BCUT2D eigenvalue weighted by atomic mass is 9.53. The summed E-state index contributed by atoms with van der Waals surface area (Å²) in [5.74, 6) is 3.86. The Labute approximate surface area is 190 Å². The van der Waals surface area contributed by atoms with E-state index >= 15 is 0 Å². The van der Waals surface area contributed by atoms with Crippen molar-refractivity contribution >= 4 is 11.9 Å². The van der Waals surface area contributed by atoms with E-state index in [1.807, 2.05) is 17.0 Å². The summed E-state index contributed by atoms with van der Waals surface area (Å²) in [5, 5.41) is 6.26. The minimum atomic E-state index is -0.111. The zero-order valence-electron chi connectivity index (χ0n) is 19.2. The molecule has 6 rings (SSSR count). The molecule has 0 aromatic heterocycles. The molecule has 174 valence electrons. The number of methoxy groups -OCH3 is 2. The molecule has 4 bridgehead atoms. The fraction of sp³-hybridized carbons (Fsp3) is 0.680. The predicted octanol–water partition coefficient (Wildman–Crippen LogP) is 3.25. The van der Waals surface area contributed by atoms with E-state index < -0.39 is 0 Å². The van der Waals surface area contributed by atoms with Gasteiger partial charge < -0.3 is 25.0 Å². The van der Waals surface area contributed by atoms with Gasteiger partial charge in [0.2, 0.25) is 5.91 Å². The molecule has 7 nitrogen and oxygen atoms in total. The van der Waals surface area contributed by atoms with Gasteiger partial charge >= 0.3 is 6.03 Å². The molecule has 1 aromatic carbocycles. The Morgan fingerprint density at radius 1 is 1.00 bits per heavy atom. The molecular formula is C25H35N3O4. The zero-order valence-corrected chi connectivity index (χ0v) is 19.2. The molecule has 7 heteroatoms.